The van der Waals surface area contributed by atoms with Crippen molar-refractivity contribution in [2.75, 3.05) is 0 Å². The first-order valence-corrected chi connectivity index (χ1v) is 14.1. The zero-order chi connectivity index (χ0) is 23.4. The molecule has 4 aliphatic carbocycles. The van der Waals surface area contributed by atoms with Crippen LogP contribution in [0.4, 0.5) is 0 Å². The summed E-state index contributed by atoms with van der Waals surface area (Å²) in [6.45, 7) is 14.0. The van der Waals surface area contributed by atoms with Gasteiger partial charge in [-0.1, -0.05) is 52.2 Å². The molecule has 0 aromatic heterocycles. The first kappa shape index (κ1) is 24.8. The summed E-state index contributed by atoms with van der Waals surface area (Å²) in [5, 5.41) is 21.5. The van der Waals surface area contributed by atoms with Crippen LogP contribution in [0.25, 0.3) is 0 Å². The predicted molar refractivity (Wildman–Crippen MR) is 134 cm³/mol. The molecule has 0 aromatic rings. The summed E-state index contributed by atoms with van der Waals surface area (Å²) in [6, 6.07) is 0. The van der Waals surface area contributed by atoms with Crippen molar-refractivity contribution in [2.45, 2.75) is 136 Å². The first-order valence-electron chi connectivity index (χ1n) is 14.1. The van der Waals surface area contributed by atoms with Crippen molar-refractivity contribution < 1.29 is 10.2 Å². The van der Waals surface area contributed by atoms with Crippen LogP contribution >= 0.6 is 0 Å². The fraction of sp³-hybridized carbons (Fsp3) is 0.933. The van der Waals surface area contributed by atoms with Crippen LogP contribution in [0.5, 0.6) is 0 Å². The Morgan fingerprint density at radius 2 is 1.81 bits per heavy atom. The van der Waals surface area contributed by atoms with Gasteiger partial charge in [0.05, 0.1) is 11.2 Å². The molecule has 0 radical (unpaired) electrons. The molecular formula is C30H52O2. The van der Waals surface area contributed by atoms with Gasteiger partial charge in [0, 0.05) is 0 Å². The summed E-state index contributed by atoms with van der Waals surface area (Å²) in [7, 11) is 0. The lowest BCUT2D eigenvalue weighted by Gasteiger charge is -2.59. The first-order chi connectivity index (χ1) is 14.9. The average Bonchev–Trinajstić information content (AvgIpc) is 3.08. The Morgan fingerprint density at radius 3 is 2.53 bits per heavy atom. The zero-order valence-corrected chi connectivity index (χ0v) is 22.1. The van der Waals surface area contributed by atoms with Crippen molar-refractivity contribution in [1.29, 1.82) is 0 Å². The second kappa shape index (κ2) is 8.71. The van der Waals surface area contributed by atoms with Crippen molar-refractivity contribution >= 4 is 0 Å². The van der Waals surface area contributed by atoms with E-state index in [1.54, 1.807) is 5.57 Å². The molecule has 0 bridgehead atoms. The number of rotatable bonds is 7. The molecule has 0 heterocycles. The van der Waals surface area contributed by atoms with E-state index < -0.39 is 11.2 Å². The molecule has 3 fully saturated rings. The minimum atomic E-state index is -0.492. The number of fused-ring (bicyclic) bond motifs is 5. The molecule has 0 saturated heterocycles. The molecule has 0 spiro atoms. The second-order valence-corrected chi connectivity index (χ2v) is 13.8. The molecule has 9 atom stereocenters. The molecule has 0 aliphatic heterocycles. The van der Waals surface area contributed by atoms with Crippen LogP contribution in [0.15, 0.2) is 11.6 Å². The van der Waals surface area contributed by atoms with E-state index in [1.807, 2.05) is 6.92 Å². The normalized spacial score (nSPS) is 46.4. The third-order valence-electron chi connectivity index (χ3n) is 11.3. The van der Waals surface area contributed by atoms with Crippen molar-refractivity contribution in [3.63, 3.8) is 0 Å². The molecule has 32 heavy (non-hydrogen) atoms. The maximum atomic E-state index is 10.8. The molecule has 2 heteroatoms. The van der Waals surface area contributed by atoms with Crippen LogP contribution < -0.4 is 0 Å². The highest BCUT2D eigenvalue weighted by atomic mass is 16.3. The van der Waals surface area contributed by atoms with Crippen LogP contribution in [0, 0.1) is 40.4 Å². The second-order valence-electron chi connectivity index (χ2n) is 13.8. The summed E-state index contributed by atoms with van der Waals surface area (Å²) >= 11 is 0. The number of unbranched alkanes of at least 4 members (excludes halogenated alkanes) is 1. The van der Waals surface area contributed by atoms with Crippen molar-refractivity contribution in [3.8, 4) is 0 Å². The lowest BCUT2D eigenvalue weighted by molar-refractivity contribution is -0.0715. The van der Waals surface area contributed by atoms with Gasteiger partial charge in [-0.2, -0.15) is 0 Å². The minimum absolute atomic E-state index is 0.328. The third-order valence-corrected chi connectivity index (χ3v) is 11.3. The van der Waals surface area contributed by atoms with Gasteiger partial charge < -0.3 is 10.2 Å². The Bertz CT molecular complexity index is 706. The summed E-state index contributed by atoms with van der Waals surface area (Å²) < 4.78 is 0. The van der Waals surface area contributed by atoms with E-state index in [2.05, 4.69) is 40.7 Å². The molecule has 0 aromatic carbocycles. The molecular weight excluding hydrogens is 392 g/mol. The van der Waals surface area contributed by atoms with E-state index in [9.17, 15) is 10.2 Å². The highest BCUT2D eigenvalue weighted by Gasteiger charge is 2.59. The third kappa shape index (κ3) is 4.37. The van der Waals surface area contributed by atoms with Crippen molar-refractivity contribution in [1.82, 2.24) is 0 Å². The number of hydrogen-bond acceptors (Lipinski definition) is 2. The number of hydrogen-bond donors (Lipinski definition) is 2. The Morgan fingerprint density at radius 1 is 1.06 bits per heavy atom. The fourth-order valence-electron chi connectivity index (χ4n) is 9.20. The standard InChI is InChI=1S/C30H52O2/c1-7-8-15-27(3,31)16-13-21(2)24-11-12-25-23-10-9-22-20-28(4,32)18-19-29(22,5)26(23)14-17-30(24,25)6/h9,21,23-26,31-32H,7-8,10-20H2,1-6H3. The highest BCUT2D eigenvalue weighted by Crippen LogP contribution is 2.67. The molecule has 0 amide bonds. The van der Waals surface area contributed by atoms with Gasteiger partial charge in [0.2, 0.25) is 0 Å². The summed E-state index contributed by atoms with van der Waals surface area (Å²) in [4.78, 5) is 0. The Labute approximate surface area is 198 Å². The lowest BCUT2D eigenvalue weighted by Crippen LogP contribution is -2.52. The van der Waals surface area contributed by atoms with Gasteiger partial charge in [-0.3, -0.25) is 0 Å². The SMILES string of the molecule is CCCCC(C)(O)CCC(C)C1CCC2C3CC=C4CC(C)(O)CCC4(C)C3CCC12C. The molecule has 2 nitrogen and oxygen atoms in total. The topological polar surface area (TPSA) is 40.5 Å². The number of aliphatic hydroxyl groups is 2. The van der Waals surface area contributed by atoms with Crippen LogP contribution in [0.1, 0.15) is 125 Å². The van der Waals surface area contributed by atoms with Gasteiger partial charge in [0.15, 0.2) is 0 Å². The van der Waals surface area contributed by atoms with E-state index in [0.717, 1.165) is 55.8 Å². The Balaban J connectivity index is 1.45. The van der Waals surface area contributed by atoms with E-state index >= 15 is 0 Å². The molecule has 2 N–H and O–H groups in total. The van der Waals surface area contributed by atoms with Crippen LogP contribution in [0.2, 0.25) is 0 Å². The van der Waals surface area contributed by atoms with Crippen LogP contribution in [-0.4, -0.2) is 21.4 Å². The van der Waals surface area contributed by atoms with Gasteiger partial charge in [-0.05, 0) is 125 Å². The zero-order valence-electron chi connectivity index (χ0n) is 22.1. The van der Waals surface area contributed by atoms with Gasteiger partial charge in [0.1, 0.15) is 0 Å². The Hall–Kier alpha value is -0.340. The van der Waals surface area contributed by atoms with Gasteiger partial charge in [-0.25, -0.2) is 0 Å². The van der Waals surface area contributed by atoms with E-state index in [-0.39, 0.29) is 0 Å². The van der Waals surface area contributed by atoms with Gasteiger partial charge in [-0.15, -0.1) is 0 Å². The summed E-state index contributed by atoms with van der Waals surface area (Å²) in [5.41, 5.74) is 1.41. The van der Waals surface area contributed by atoms with Gasteiger partial charge in [0.25, 0.3) is 0 Å². The van der Waals surface area contributed by atoms with E-state index in [0.29, 0.717) is 16.7 Å². The van der Waals surface area contributed by atoms with E-state index in [1.165, 1.54) is 51.4 Å². The molecule has 184 valence electrons. The molecule has 4 rings (SSSR count). The molecule has 3 saturated carbocycles. The monoisotopic (exact) mass is 444 g/mol. The quantitative estimate of drug-likeness (QED) is 0.395. The summed E-state index contributed by atoms with van der Waals surface area (Å²) in [6.07, 6.45) is 17.8. The van der Waals surface area contributed by atoms with Crippen LogP contribution in [-0.2, 0) is 0 Å². The average molecular weight is 445 g/mol. The maximum Gasteiger partial charge on any atom is 0.0657 e. The van der Waals surface area contributed by atoms with Crippen molar-refractivity contribution in [2.24, 2.45) is 40.4 Å². The smallest absolute Gasteiger partial charge is 0.0657 e. The maximum absolute atomic E-state index is 10.8. The summed E-state index contributed by atoms with van der Waals surface area (Å²) in [5.74, 6) is 4.06. The Kier molecular flexibility index (Phi) is 6.74. The molecule has 4 aliphatic rings. The minimum Gasteiger partial charge on any atom is -0.390 e. The van der Waals surface area contributed by atoms with Crippen molar-refractivity contribution in [3.05, 3.63) is 11.6 Å². The predicted octanol–water partition coefficient (Wildman–Crippen LogP) is 7.67. The highest BCUT2D eigenvalue weighted by molar-refractivity contribution is 5.26. The lowest BCUT2D eigenvalue weighted by atomic mass is 9.46. The number of allylic oxidation sites excluding steroid dienone is 1. The molecule has 9 unspecified atom stereocenters. The fourth-order valence-corrected chi connectivity index (χ4v) is 9.20. The van der Waals surface area contributed by atoms with Gasteiger partial charge >= 0.3 is 0 Å². The van der Waals surface area contributed by atoms with Crippen LogP contribution in [0.3, 0.4) is 0 Å². The largest absolute Gasteiger partial charge is 0.390 e. The van der Waals surface area contributed by atoms with E-state index in [4.69, 9.17) is 0 Å².